The molecular weight excluding hydrogens is 264 g/mol. The molecule has 0 radical (unpaired) electrons. The topological polar surface area (TPSA) is 47.3 Å². The molecular formula is C17H22N2O2. The molecule has 4 heteroatoms. The Morgan fingerprint density at radius 2 is 2.19 bits per heavy atom. The van der Waals surface area contributed by atoms with Crippen LogP contribution in [-0.2, 0) is 31.9 Å². The Balaban J connectivity index is 1.94. The maximum absolute atomic E-state index is 11.1. The maximum Gasteiger partial charge on any atom is 0.119 e. The van der Waals surface area contributed by atoms with Crippen LogP contribution < -0.4 is 4.74 Å². The van der Waals surface area contributed by atoms with E-state index in [1.165, 1.54) is 5.56 Å². The Labute approximate surface area is 125 Å². The molecule has 1 unspecified atom stereocenters. The molecule has 2 aromatic rings. The number of nitrogens with zero attached hydrogens (tertiary/aromatic N) is 2. The monoisotopic (exact) mass is 286 g/mol. The van der Waals surface area contributed by atoms with Crippen molar-refractivity contribution in [3.63, 3.8) is 0 Å². The lowest BCUT2D eigenvalue weighted by Gasteiger charge is -2.24. The van der Waals surface area contributed by atoms with Gasteiger partial charge in [0.05, 0.1) is 18.4 Å². The summed E-state index contributed by atoms with van der Waals surface area (Å²) < 4.78 is 7.18. The van der Waals surface area contributed by atoms with Gasteiger partial charge in [0.15, 0.2) is 0 Å². The Kier molecular flexibility index (Phi) is 3.49. The van der Waals surface area contributed by atoms with Gasteiger partial charge in [-0.25, -0.2) is 0 Å². The summed E-state index contributed by atoms with van der Waals surface area (Å²) in [6, 6.07) is 8.09. The van der Waals surface area contributed by atoms with Gasteiger partial charge in [0.25, 0.3) is 0 Å². The molecule has 21 heavy (non-hydrogen) atoms. The molecule has 0 aliphatic heterocycles. The zero-order valence-corrected chi connectivity index (χ0v) is 12.9. The third-order valence-electron chi connectivity index (χ3n) is 4.49. The first-order valence-corrected chi connectivity index (χ1v) is 7.47. The van der Waals surface area contributed by atoms with Gasteiger partial charge in [-0.05, 0) is 48.6 Å². The molecule has 1 heterocycles. The highest BCUT2D eigenvalue weighted by atomic mass is 16.5. The van der Waals surface area contributed by atoms with E-state index in [1.54, 1.807) is 7.11 Å². The first-order valence-electron chi connectivity index (χ1n) is 7.47. The van der Waals surface area contributed by atoms with Crippen molar-refractivity contribution in [3.8, 4) is 5.75 Å². The fraction of sp³-hybridized carbons (Fsp3) is 0.471. The molecule has 3 rings (SSSR count). The van der Waals surface area contributed by atoms with Gasteiger partial charge in [-0.1, -0.05) is 13.0 Å². The van der Waals surface area contributed by atoms with Crippen molar-refractivity contribution in [1.82, 2.24) is 9.78 Å². The molecule has 0 saturated heterocycles. The fourth-order valence-electron chi connectivity index (χ4n) is 3.20. The number of ether oxygens (including phenoxy) is 1. The molecule has 0 amide bonds. The van der Waals surface area contributed by atoms with E-state index < -0.39 is 5.60 Å². The lowest BCUT2D eigenvalue weighted by atomic mass is 9.90. The van der Waals surface area contributed by atoms with Gasteiger partial charge in [0, 0.05) is 19.2 Å². The average Bonchev–Trinajstić information content (AvgIpc) is 3.00. The number of hydrogen-bond acceptors (Lipinski definition) is 3. The van der Waals surface area contributed by atoms with Crippen molar-refractivity contribution in [2.45, 2.75) is 38.2 Å². The standard InChI is InChI=1S/C17H22N2O2/c1-4-13-9-14(19(2)18-13)11-17(20)8-7-12-5-6-15(21-3)10-16(12)17/h5-6,9-10,20H,4,7-8,11H2,1-3H3. The van der Waals surface area contributed by atoms with Crippen molar-refractivity contribution in [2.24, 2.45) is 7.05 Å². The number of aryl methyl sites for hydroxylation is 3. The number of fused-ring (bicyclic) bond motifs is 1. The number of hydrogen-bond donors (Lipinski definition) is 1. The van der Waals surface area contributed by atoms with Crippen LogP contribution in [0.2, 0.25) is 0 Å². The van der Waals surface area contributed by atoms with Crippen molar-refractivity contribution < 1.29 is 9.84 Å². The van der Waals surface area contributed by atoms with E-state index in [4.69, 9.17) is 4.74 Å². The highest BCUT2D eigenvalue weighted by Gasteiger charge is 2.37. The lowest BCUT2D eigenvalue weighted by molar-refractivity contribution is 0.0369. The van der Waals surface area contributed by atoms with Gasteiger partial charge in [0.1, 0.15) is 5.75 Å². The number of rotatable bonds is 4. The van der Waals surface area contributed by atoms with Crippen LogP contribution in [0.1, 0.15) is 35.9 Å². The molecule has 1 aromatic heterocycles. The van der Waals surface area contributed by atoms with E-state index in [0.29, 0.717) is 6.42 Å². The maximum atomic E-state index is 11.1. The summed E-state index contributed by atoms with van der Waals surface area (Å²) in [5, 5.41) is 15.6. The quantitative estimate of drug-likeness (QED) is 0.938. The summed E-state index contributed by atoms with van der Waals surface area (Å²) >= 11 is 0. The van der Waals surface area contributed by atoms with Gasteiger partial charge in [-0.15, -0.1) is 0 Å². The first-order chi connectivity index (χ1) is 10.1. The zero-order valence-electron chi connectivity index (χ0n) is 12.9. The molecule has 4 nitrogen and oxygen atoms in total. The Morgan fingerprint density at radius 1 is 1.38 bits per heavy atom. The molecule has 112 valence electrons. The average molecular weight is 286 g/mol. The van der Waals surface area contributed by atoms with Gasteiger partial charge < -0.3 is 9.84 Å². The van der Waals surface area contributed by atoms with Crippen LogP contribution >= 0.6 is 0 Å². The molecule has 1 aliphatic rings. The van der Waals surface area contributed by atoms with Crippen LogP contribution in [0.25, 0.3) is 0 Å². The minimum Gasteiger partial charge on any atom is -0.497 e. The molecule has 0 fully saturated rings. The highest BCUT2D eigenvalue weighted by molar-refractivity contribution is 5.43. The summed E-state index contributed by atoms with van der Waals surface area (Å²) in [6.07, 6.45) is 3.17. The van der Waals surface area contributed by atoms with Crippen LogP contribution in [0.4, 0.5) is 0 Å². The van der Waals surface area contributed by atoms with Crippen LogP contribution in [0.3, 0.4) is 0 Å². The fourth-order valence-corrected chi connectivity index (χ4v) is 3.20. The van der Waals surface area contributed by atoms with E-state index in [0.717, 1.165) is 42.0 Å². The minimum absolute atomic E-state index is 0.594. The van der Waals surface area contributed by atoms with E-state index >= 15 is 0 Å². The number of aliphatic hydroxyl groups is 1. The second kappa shape index (κ2) is 5.19. The number of benzene rings is 1. The van der Waals surface area contributed by atoms with Crippen LogP contribution in [0.15, 0.2) is 24.3 Å². The van der Waals surface area contributed by atoms with Gasteiger partial charge in [-0.3, -0.25) is 4.68 Å². The van der Waals surface area contributed by atoms with E-state index in [1.807, 2.05) is 23.9 Å². The molecule has 0 saturated carbocycles. The first kappa shape index (κ1) is 14.1. The second-order valence-electron chi connectivity index (χ2n) is 5.84. The zero-order chi connectivity index (χ0) is 15.0. The Morgan fingerprint density at radius 3 is 2.86 bits per heavy atom. The normalized spacial score (nSPS) is 20.6. The third kappa shape index (κ3) is 2.44. The van der Waals surface area contributed by atoms with E-state index in [9.17, 15) is 5.11 Å². The van der Waals surface area contributed by atoms with Crippen LogP contribution in [0.5, 0.6) is 5.75 Å². The van der Waals surface area contributed by atoms with Crippen molar-refractivity contribution in [2.75, 3.05) is 7.11 Å². The predicted octanol–water partition coefficient (Wildman–Crippen LogP) is 2.37. The van der Waals surface area contributed by atoms with Gasteiger partial charge in [0.2, 0.25) is 0 Å². The molecule has 1 atom stereocenters. The molecule has 1 N–H and O–H groups in total. The lowest BCUT2D eigenvalue weighted by Crippen LogP contribution is -2.26. The van der Waals surface area contributed by atoms with E-state index in [2.05, 4.69) is 24.2 Å². The molecule has 0 spiro atoms. The summed E-state index contributed by atoms with van der Waals surface area (Å²) in [7, 11) is 3.60. The van der Waals surface area contributed by atoms with Crippen molar-refractivity contribution >= 4 is 0 Å². The summed E-state index contributed by atoms with van der Waals surface area (Å²) in [5.74, 6) is 0.799. The molecule has 1 aliphatic carbocycles. The highest BCUT2D eigenvalue weighted by Crippen LogP contribution is 2.41. The van der Waals surface area contributed by atoms with Crippen molar-refractivity contribution in [1.29, 1.82) is 0 Å². The Hall–Kier alpha value is -1.81. The summed E-state index contributed by atoms with van der Waals surface area (Å²) in [6.45, 7) is 2.09. The van der Waals surface area contributed by atoms with E-state index in [-0.39, 0.29) is 0 Å². The number of methoxy groups -OCH3 is 1. The number of aromatic nitrogens is 2. The van der Waals surface area contributed by atoms with Crippen molar-refractivity contribution in [3.05, 3.63) is 46.8 Å². The second-order valence-corrected chi connectivity index (χ2v) is 5.84. The third-order valence-corrected chi connectivity index (χ3v) is 4.49. The largest absolute Gasteiger partial charge is 0.497 e. The SMILES string of the molecule is CCc1cc(CC2(O)CCc3ccc(OC)cc32)n(C)n1. The van der Waals surface area contributed by atoms with Gasteiger partial charge in [-0.2, -0.15) is 5.10 Å². The summed E-state index contributed by atoms with van der Waals surface area (Å²) in [5.41, 5.74) is 3.55. The van der Waals surface area contributed by atoms with Crippen LogP contribution in [-0.4, -0.2) is 22.0 Å². The molecule has 0 bridgehead atoms. The van der Waals surface area contributed by atoms with Gasteiger partial charge >= 0.3 is 0 Å². The smallest absolute Gasteiger partial charge is 0.119 e. The Bertz CT molecular complexity index is 663. The molecule has 1 aromatic carbocycles. The van der Waals surface area contributed by atoms with Crippen LogP contribution in [0, 0.1) is 0 Å². The minimum atomic E-state index is -0.817. The summed E-state index contributed by atoms with van der Waals surface area (Å²) in [4.78, 5) is 0. The predicted molar refractivity (Wildman–Crippen MR) is 81.5 cm³/mol.